The zero-order chi connectivity index (χ0) is 24.9. The van der Waals surface area contributed by atoms with E-state index in [-0.39, 0.29) is 0 Å². The lowest BCUT2D eigenvalue weighted by Crippen LogP contribution is -1.86. The number of benzene rings is 5. The molecule has 7 rings (SSSR count). The average Bonchev–Trinajstić information content (AvgIpc) is 3.31. The van der Waals surface area contributed by atoms with Gasteiger partial charge >= 0.3 is 0 Å². The van der Waals surface area contributed by atoms with Gasteiger partial charge in [0.25, 0.3) is 0 Å². The predicted molar refractivity (Wildman–Crippen MR) is 155 cm³/mol. The van der Waals surface area contributed by atoms with E-state index in [4.69, 9.17) is 32.6 Å². The van der Waals surface area contributed by atoms with Crippen LogP contribution in [-0.4, -0.2) is 4.98 Å². The van der Waals surface area contributed by atoms with Crippen molar-refractivity contribution in [1.29, 1.82) is 0 Å². The number of fused-ring (bicyclic) bond motifs is 4. The van der Waals surface area contributed by atoms with Gasteiger partial charge in [-0.15, -0.1) is 0 Å². The van der Waals surface area contributed by atoms with Crippen LogP contribution in [-0.2, 0) is 0 Å². The molecule has 0 aliphatic heterocycles. The lowest BCUT2D eigenvalue weighted by molar-refractivity contribution is 0.670. The molecule has 5 aromatic carbocycles. The van der Waals surface area contributed by atoms with Gasteiger partial charge in [-0.1, -0.05) is 83.9 Å². The van der Waals surface area contributed by atoms with E-state index < -0.39 is 0 Å². The van der Waals surface area contributed by atoms with E-state index >= 15 is 0 Å². The molecule has 0 amide bonds. The van der Waals surface area contributed by atoms with Crippen LogP contribution in [0.4, 0.5) is 0 Å². The van der Waals surface area contributed by atoms with Crippen LogP contribution < -0.4 is 0 Å². The van der Waals surface area contributed by atoms with E-state index in [9.17, 15) is 0 Å². The monoisotopic (exact) mass is 515 g/mol. The summed E-state index contributed by atoms with van der Waals surface area (Å²) in [7, 11) is 0. The molecule has 0 N–H and O–H groups in total. The summed E-state index contributed by atoms with van der Waals surface area (Å²) < 4.78 is 6.20. The predicted octanol–water partition coefficient (Wildman–Crippen LogP) is 10.4. The molecule has 0 saturated carbocycles. The smallest absolute Gasteiger partial charge is 0.144 e. The third-order valence-electron chi connectivity index (χ3n) is 6.81. The quantitative estimate of drug-likeness (QED) is 0.234. The Balaban J connectivity index is 1.23. The van der Waals surface area contributed by atoms with Crippen LogP contribution in [0.15, 0.2) is 120 Å². The highest BCUT2D eigenvalue weighted by atomic mass is 35.5. The number of furan rings is 1. The van der Waals surface area contributed by atoms with Crippen LogP contribution in [0, 0.1) is 0 Å². The fraction of sp³-hybridized carbons (Fsp3) is 0. The first kappa shape index (κ1) is 22.1. The molecule has 0 fully saturated rings. The number of halogens is 2. The largest absolute Gasteiger partial charge is 0.455 e. The molecule has 37 heavy (non-hydrogen) atoms. The lowest BCUT2D eigenvalue weighted by Gasteiger charge is -2.09. The number of hydrogen-bond donors (Lipinski definition) is 0. The Morgan fingerprint density at radius 2 is 1.22 bits per heavy atom. The van der Waals surface area contributed by atoms with E-state index in [0.717, 1.165) is 66.2 Å². The van der Waals surface area contributed by atoms with Crippen molar-refractivity contribution >= 4 is 55.9 Å². The normalized spacial score (nSPS) is 11.5. The Labute approximate surface area is 223 Å². The molecule has 0 aliphatic carbocycles. The number of rotatable bonds is 3. The van der Waals surface area contributed by atoms with Gasteiger partial charge in [-0.25, -0.2) is 0 Å². The SMILES string of the molecule is Clc1cc(Cl)cc(-c2ccc3cc(-c4ccc(-c5cccc6c5oc5ccccc56)nc4)ccc3c2)c1. The summed E-state index contributed by atoms with van der Waals surface area (Å²) in [5.41, 5.74) is 7.90. The number of para-hydroxylation sites is 2. The highest BCUT2D eigenvalue weighted by Gasteiger charge is 2.13. The minimum atomic E-state index is 0.630. The fourth-order valence-electron chi connectivity index (χ4n) is 5.00. The molecule has 4 heteroatoms. The standard InChI is InChI=1S/C33H19Cl2NO/c34-26-16-25(17-27(35)18-26)23-11-9-20-14-22(10-8-21(20)15-23)24-12-13-31(36-19-24)30-6-3-5-29-28-4-1-2-7-32(28)37-33(29)30/h1-19H. The Kier molecular flexibility index (Phi) is 5.24. The molecule has 2 nitrogen and oxygen atoms in total. The molecule has 0 radical (unpaired) electrons. The maximum Gasteiger partial charge on any atom is 0.144 e. The molecule has 0 saturated heterocycles. The first-order valence-electron chi connectivity index (χ1n) is 12.0. The molecular formula is C33H19Cl2NO. The van der Waals surface area contributed by atoms with Crippen LogP contribution in [0.3, 0.4) is 0 Å². The highest BCUT2D eigenvalue weighted by molar-refractivity contribution is 6.35. The van der Waals surface area contributed by atoms with Gasteiger partial charge in [0, 0.05) is 38.1 Å². The molecule has 0 aliphatic rings. The lowest BCUT2D eigenvalue weighted by atomic mass is 9.98. The van der Waals surface area contributed by atoms with E-state index in [1.54, 1.807) is 6.07 Å². The molecule has 176 valence electrons. The molecule has 2 aromatic heterocycles. The molecule has 0 unspecified atom stereocenters. The Morgan fingerprint density at radius 1 is 0.541 bits per heavy atom. The van der Waals surface area contributed by atoms with Gasteiger partial charge in [-0.2, -0.15) is 0 Å². The second-order valence-corrected chi connectivity index (χ2v) is 10.0. The van der Waals surface area contributed by atoms with Crippen molar-refractivity contribution in [2.45, 2.75) is 0 Å². The summed E-state index contributed by atoms with van der Waals surface area (Å²) in [5.74, 6) is 0. The topological polar surface area (TPSA) is 26.0 Å². The zero-order valence-electron chi connectivity index (χ0n) is 19.6. The molecule has 2 heterocycles. The maximum atomic E-state index is 6.21. The molecule has 7 aromatic rings. The summed E-state index contributed by atoms with van der Waals surface area (Å²) in [5, 5.41) is 5.79. The number of pyridine rings is 1. The van der Waals surface area contributed by atoms with Crippen LogP contribution in [0.5, 0.6) is 0 Å². The van der Waals surface area contributed by atoms with Crippen molar-refractivity contribution in [3.63, 3.8) is 0 Å². The summed E-state index contributed by atoms with van der Waals surface area (Å²) >= 11 is 12.4. The van der Waals surface area contributed by atoms with Crippen molar-refractivity contribution in [3.8, 4) is 33.5 Å². The summed E-state index contributed by atoms with van der Waals surface area (Å²) in [4.78, 5) is 4.81. The van der Waals surface area contributed by atoms with Gasteiger partial charge < -0.3 is 4.42 Å². The van der Waals surface area contributed by atoms with Gasteiger partial charge in [0.2, 0.25) is 0 Å². The van der Waals surface area contributed by atoms with Crippen molar-refractivity contribution in [1.82, 2.24) is 4.98 Å². The van der Waals surface area contributed by atoms with Crippen LogP contribution in [0.1, 0.15) is 0 Å². The zero-order valence-corrected chi connectivity index (χ0v) is 21.1. The van der Waals surface area contributed by atoms with Crippen molar-refractivity contribution in [2.75, 3.05) is 0 Å². The van der Waals surface area contributed by atoms with Crippen molar-refractivity contribution in [2.24, 2.45) is 0 Å². The van der Waals surface area contributed by atoms with Gasteiger partial charge in [0.15, 0.2) is 0 Å². The van der Waals surface area contributed by atoms with E-state index in [2.05, 4.69) is 72.8 Å². The summed E-state index contributed by atoms with van der Waals surface area (Å²) in [6, 6.07) is 37.0. The van der Waals surface area contributed by atoms with E-state index in [1.807, 2.05) is 36.5 Å². The van der Waals surface area contributed by atoms with Crippen LogP contribution >= 0.6 is 23.2 Å². The Hall–Kier alpha value is -4.11. The van der Waals surface area contributed by atoms with Gasteiger partial charge in [-0.3, -0.25) is 4.98 Å². The summed E-state index contributed by atoms with van der Waals surface area (Å²) in [6.45, 7) is 0. The van der Waals surface area contributed by atoms with E-state index in [1.165, 1.54) is 0 Å². The Bertz CT molecular complexity index is 1930. The fourth-order valence-corrected chi connectivity index (χ4v) is 5.52. The van der Waals surface area contributed by atoms with Gasteiger partial charge in [-0.05, 0) is 76.0 Å². The van der Waals surface area contributed by atoms with Gasteiger partial charge in [0.05, 0.1) is 5.69 Å². The van der Waals surface area contributed by atoms with E-state index in [0.29, 0.717) is 10.0 Å². The van der Waals surface area contributed by atoms with Crippen LogP contribution in [0.2, 0.25) is 10.0 Å². The molecule has 0 spiro atoms. The third kappa shape index (κ3) is 3.95. The number of hydrogen-bond acceptors (Lipinski definition) is 2. The second kappa shape index (κ2) is 8.77. The molecule has 0 atom stereocenters. The number of nitrogens with zero attached hydrogens (tertiary/aromatic N) is 1. The first-order valence-corrected chi connectivity index (χ1v) is 12.8. The first-order chi connectivity index (χ1) is 18.1. The highest BCUT2D eigenvalue weighted by Crippen LogP contribution is 2.36. The average molecular weight is 516 g/mol. The van der Waals surface area contributed by atoms with Crippen LogP contribution in [0.25, 0.3) is 66.2 Å². The Morgan fingerprint density at radius 3 is 1.95 bits per heavy atom. The van der Waals surface area contributed by atoms with Crippen molar-refractivity contribution in [3.05, 3.63) is 125 Å². The summed E-state index contributed by atoms with van der Waals surface area (Å²) in [6.07, 6.45) is 1.93. The second-order valence-electron chi connectivity index (χ2n) is 9.15. The maximum absolute atomic E-state index is 6.21. The van der Waals surface area contributed by atoms with Gasteiger partial charge in [0.1, 0.15) is 11.2 Å². The minimum Gasteiger partial charge on any atom is -0.455 e. The molecule has 0 bridgehead atoms. The van der Waals surface area contributed by atoms with Crippen molar-refractivity contribution < 1.29 is 4.42 Å². The third-order valence-corrected chi connectivity index (χ3v) is 7.25. The number of aromatic nitrogens is 1. The minimum absolute atomic E-state index is 0.630. The molecular weight excluding hydrogens is 497 g/mol.